The number of nitrogen functional groups attached to an aromatic ring is 1. The van der Waals surface area contributed by atoms with E-state index in [1.54, 1.807) is 24.5 Å². The van der Waals surface area contributed by atoms with Gasteiger partial charge in [0.2, 0.25) is 0 Å². The molecular formula is C11H11FN2OS. The van der Waals surface area contributed by atoms with Crippen LogP contribution in [0.1, 0.15) is 11.3 Å². The molecule has 2 rings (SSSR count). The summed E-state index contributed by atoms with van der Waals surface area (Å²) in [4.78, 5) is 4.12. The van der Waals surface area contributed by atoms with Crippen LogP contribution in [0.15, 0.2) is 34.1 Å². The summed E-state index contributed by atoms with van der Waals surface area (Å²) in [5, 5.41) is 0.541. The first-order valence-electron chi connectivity index (χ1n) is 4.74. The van der Waals surface area contributed by atoms with E-state index in [1.165, 1.54) is 11.8 Å². The number of rotatable bonds is 3. The van der Waals surface area contributed by atoms with Crippen LogP contribution >= 0.6 is 11.8 Å². The van der Waals surface area contributed by atoms with Crippen LogP contribution in [-0.4, -0.2) is 4.98 Å². The number of thioether (sulfide) groups is 1. The molecular weight excluding hydrogens is 227 g/mol. The molecule has 2 N–H and O–H groups in total. The molecule has 1 heterocycles. The van der Waals surface area contributed by atoms with Gasteiger partial charge in [0.25, 0.3) is 5.22 Å². The summed E-state index contributed by atoms with van der Waals surface area (Å²) >= 11 is 1.34. The fourth-order valence-corrected chi connectivity index (χ4v) is 2.08. The van der Waals surface area contributed by atoms with Gasteiger partial charge in [-0.3, -0.25) is 0 Å². The van der Waals surface area contributed by atoms with E-state index in [4.69, 9.17) is 10.2 Å². The van der Waals surface area contributed by atoms with E-state index in [0.29, 0.717) is 16.5 Å². The third-order valence-corrected chi connectivity index (χ3v) is 2.95. The Hall–Kier alpha value is -1.49. The first-order chi connectivity index (χ1) is 7.66. The molecule has 3 nitrogen and oxygen atoms in total. The molecule has 0 saturated heterocycles. The van der Waals surface area contributed by atoms with E-state index in [-0.39, 0.29) is 11.5 Å². The highest BCUT2D eigenvalue weighted by atomic mass is 32.2. The lowest BCUT2D eigenvalue weighted by Gasteiger charge is -2.02. The summed E-state index contributed by atoms with van der Waals surface area (Å²) < 4.78 is 18.7. The van der Waals surface area contributed by atoms with E-state index in [0.717, 1.165) is 5.69 Å². The van der Waals surface area contributed by atoms with Gasteiger partial charge in [0, 0.05) is 11.3 Å². The predicted octanol–water partition coefficient (Wildman–Crippen LogP) is 3.00. The number of oxazole rings is 1. The zero-order valence-corrected chi connectivity index (χ0v) is 9.55. The van der Waals surface area contributed by atoms with Gasteiger partial charge in [0.05, 0.1) is 11.4 Å². The van der Waals surface area contributed by atoms with Crippen molar-refractivity contribution in [2.75, 3.05) is 5.73 Å². The summed E-state index contributed by atoms with van der Waals surface area (Å²) in [6, 6.07) is 4.97. The summed E-state index contributed by atoms with van der Waals surface area (Å²) in [6.07, 6.45) is 1.57. The summed E-state index contributed by atoms with van der Waals surface area (Å²) in [5.74, 6) is 0.0925. The van der Waals surface area contributed by atoms with Gasteiger partial charge in [0.1, 0.15) is 12.1 Å². The summed E-state index contributed by atoms with van der Waals surface area (Å²) in [5.41, 5.74) is 7.01. The molecule has 84 valence electrons. The second-order valence-corrected chi connectivity index (χ2v) is 4.29. The number of hydrogen-bond acceptors (Lipinski definition) is 4. The number of benzene rings is 1. The molecule has 5 heteroatoms. The normalized spacial score (nSPS) is 10.6. The maximum absolute atomic E-state index is 13.5. The molecule has 0 unspecified atom stereocenters. The van der Waals surface area contributed by atoms with Crippen LogP contribution in [0.25, 0.3) is 0 Å². The van der Waals surface area contributed by atoms with Crippen LogP contribution in [0.3, 0.4) is 0 Å². The van der Waals surface area contributed by atoms with Crippen LogP contribution < -0.4 is 5.73 Å². The van der Waals surface area contributed by atoms with Crippen LogP contribution in [0.5, 0.6) is 0 Å². The predicted molar refractivity (Wildman–Crippen MR) is 61.6 cm³/mol. The number of nitrogens with two attached hydrogens (primary N) is 1. The molecule has 0 aliphatic heterocycles. The largest absolute Gasteiger partial charge is 0.440 e. The Morgan fingerprint density at radius 1 is 1.50 bits per heavy atom. The Labute approximate surface area is 96.9 Å². The van der Waals surface area contributed by atoms with E-state index >= 15 is 0 Å². The van der Waals surface area contributed by atoms with E-state index < -0.39 is 0 Å². The smallest absolute Gasteiger partial charge is 0.256 e. The molecule has 0 bridgehead atoms. The Kier molecular flexibility index (Phi) is 3.14. The molecule has 0 radical (unpaired) electrons. The molecule has 0 aliphatic carbocycles. The lowest BCUT2D eigenvalue weighted by molar-refractivity contribution is 0.454. The minimum Gasteiger partial charge on any atom is -0.440 e. The van der Waals surface area contributed by atoms with Crippen molar-refractivity contribution in [3.63, 3.8) is 0 Å². The van der Waals surface area contributed by atoms with Crippen molar-refractivity contribution in [3.05, 3.63) is 41.5 Å². The molecule has 0 amide bonds. The fraction of sp³-hybridized carbons (Fsp3) is 0.182. The lowest BCUT2D eigenvalue weighted by atomic mass is 10.2. The molecule has 0 fully saturated rings. The topological polar surface area (TPSA) is 52.0 Å². The van der Waals surface area contributed by atoms with Crippen molar-refractivity contribution in [1.82, 2.24) is 4.98 Å². The van der Waals surface area contributed by atoms with Crippen LogP contribution in [0.4, 0.5) is 10.1 Å². The lowest BCUT2D eigenvalue weighted by Crippen LogP contribution is -1.95. The Morgan fingerprint density at radius 2 is 2.31 bits per heavy atom. The van der Waals surface area contributed by atoms with Gasteiger partial charge in [-0.2, -0.15) is 0 Å². The SMILES string of the molecule is Cc1coc(SCc2cccc(N)c2F)n1. The van der Waals surface area contributed by atoms with Gasteiger partial charge in [-0.05, 0) is 13.0 Å². The second-order valence-electron chi connectivity index (χ2n) is 3.36. The first-order valence-corrected chi connectivity index (χ1v) is 5.73. The molecule has 2 aromatic rings. The van der Waals surface area contributed by atoms with Gasteiger partial charge in [0.15, 0.2) is 0 Å². The van der Waals surface area contributed by atoms with E-state index in [9.17, 15) is 4.39 Å². The summed E-state index contributed by atoms with van der Waals surface area (Å²) in [7, 11) is 0. The number of anilines is 1. The van der Waals surface area contributed by atoms with E-state index in [1.807, 2.05) is 6.92 Å². The van der Waals surface area contributed by atoms with Crippen molar-refractivity contribution in [1.29, 1.82) is 0 Å². The van der Waals surface area contributed by atoms with E-state index in [2.05, 4.69) is 4.98 Å². The highest BCUT2D eigenvalue weighted by Crippen LogP contribution is 2.25. The second kappa shape index (κ2) is 4.57. The van der Waals surface area contributed by atoms with Crippen LogP contribution in [0.2, 0.25) is 0 Å². The summed E-state index contributed by atoms with van der Waals surface area (Å²) in [6.45, 7) is 1.84. The standard InChI is InChI=1S/C11H11FN2OS/c1-7-5-15-11(14-7)16-6-8-3-2-4-9(13)10(8)12/h2-5H,6,13H2,1H3. The van der Waals surface area contributed by atoms with Gasteiger partial charge in [-0.15, -0.1) is 0 Å². The minimum atomic E-state index is -0.363. The molecule has 1 aromatic heterocycles. The molecule has 0 spiro atoms. The van der Waals surface area contributed by atoms with Gasteiger partial charge >= 0.3 is 0 Å². The number of nitrogens with zero attached hydrogens (tertiary/aromatic N) is 1. The molecule has 0 saturated carbocycles. The van der Waals surface area contributed by atoms with Crippen molar-refractivity contribution >= 4 is 17.4 Å². The molecule has 0 aliphatic rings. The van der Waals surface area contributed by atoms with Gasteiger partial charge in [-0.1, -0.05) is 23.9 Å². The number of hydrogen-bond donors (Lipinski definition) is 1. The molecule has 1 aromatic carbocycles. The van der Waals surface area contributed by atoms with Crippen molar-refractivity contribution in [2.45, 2.75) is 17.9 Å². The van der Waals surface area contributed by atoms with Crippen molar-refractivity contribution in [2.24, 2.45) is 0 Å². The number of aryl methyl sites for hydroxylation is 1. The van der Waals surface area contributed by atoms with Crippen LogP contribution in [-0.2, 0) is 5.75 Å². The molecule has 0 atom stereocenters. The minimum absolute atomic E-state index is 0.168. The number of halogens is 1. The Bertz CT molecular complexity index is 498. The highest BCUT2D eigenvalue weighted by Gasteiger charge is 2.08. The van der Waals surface area contributed by atoms with Crippen molar-refractivity contribution < 1.29 is 8.81 Å². The third kappa shape index (κ3) is 2.36. The Balaban J connectivity index is 2.07. The maximum Gasteiger partial charge on any atom is 0.256 e. The highest BCUT2D eigenvalue weighted by molar-refractivity contribution is 7.98. The van der Waals surface area contributed by atoms with Crippen LogP contribution in [0, 0.1) is 12.7 Å². The first kappa shape index (κ1) is 11.0. The molecule has 16 heavy (non-hydrogen) atoms. The van der Waals surface area contributed by atoms with Gasteiger partial charge in [-0.25, -0.2) is 9.37 Å². The quantitative estimate of drug-likeness (QED) is 0.659. The maximum atomic E-state index is 13.5. The number of aromatic nitrogens is 1. The van der Waals surface area contributed by atoms with Gasteiger partial charge < -0.3 is 10.2 Å². The average Bonchev–Trinajstić information content (AvgIpc) is 2.67. The fourth-order valence-electron chi connectivity index (χ4n) is 1.25. The average molecular weight is 238 g/mol. The monoisotopic (exact) mass is 238 g/mol. The third-order valence-electron chi connectivity index (χ3n) is 2.06. The zero-order chi connectivity index (χ0) is 11.5. The van der Waals surface area contributed by atoms with Crippen molar-refractivity contribution in [3.8, 4) is 0 Å². The Morgan fingerprint density at radius 3 is 3.00 bits per heavy atom. The zero-order valence-electron chi connectivity index (χ0n) is 8.74.